The fourth-order valence-corrected chi connectivity index (χ4v) is 4.23. The minimum Gasteiger partial charge on any atom is -0.478 e. The van der Waals surface area contributed by atoms with Crippen LogP contribution in [0.2, 0.25) is 0 Å². The zero-order valence-electron chi connectivity index (χ0n) is 17.5. The van der Waals surface area contributed by atoms with Gasteiger partial charge in [-0.25, -0.2) is 9.97 Å². The molecule has 8 heteroatoms. The van der Waals surface area contributed by atoms with E-state index in [-0.39, 0.29) is 5.91 Å². The molecule has 4 rings (SSSR count). The molecule has 1 aliphatic rings. The highest BCUT2D eigenvalue weighted by atomic mass is 32.1. The molecule has 1 aliphatic heterocycles. The van der Waals surface area contributed by atoms with Gasteiger partial charge in [0.25, 0.3) is 5.91 Å². The lowest BCUT2D eigenvalue weighted by atomic mass is 10.1. The normalized spacial score (nSPS) is 14.1. The van der Waals surface area contributed by atoms with Crippen LogP contribution in [0.1, 0.15) is 28.7 Å². The maximum Gasteiger partial charge on any atom is 0.253 e. The van der Waals surface area contributed by atoms with Gasteiger partial charge in [0.05, 0.1) is 6.61 Å². The quantitative estimate of drug-likeness (QED) is 0.625. The SMILES string of the molecule is CCOc1cc(C)nc(N2CCN(C(=O)c3ccc(-c4nc(C)cs4)cc3)CC2)n1. The first-order valence-electron chi connectivity index (χ1n) is 10.1. The van der Waals surface area contributed by atoms with E-state index in [1.165, 1.54) is 0 Å². The van der Waals surface area contributed by atoms with Crippen LogP contribution >= 0.6 is 11.3 Å². The Bertz CT molecular complexity index is 1030. The zero-order valence-corrected chi connectivity index (χ0v) is 18.3. The number of anilines is 1. The largest absolute Gasteiger partial charge is 0.478 e. The minimum absolute atomic E-state index is 0.0525. The summed E-state index contributed by atoms with van der Waals surface area (Å²) in [5, 5.41) is 3.01. The number of amides is 1. The third-order valence-electron chi connectivity index (χ3n) is 4.96. The second kappa shape index (κ2) is 8.79. The number of nitrogens with zero attached hydrogens (tertiary/aromatic N) is 5. The van der Waals surface area contributed by atoms with Gasteiger partial charge in [0.2, 0.25) is 11.8 Å². The Morgan fingerprint density at radius 1 is 1.03 bits per heavy atom. The van der Waals surface area contributed by atoms with Crippen molar-refractivity contribution in [2.24, 2.45) is 0 Å². The molecule has 0 spiro atoms. The lowest BCUT2D eigenvalue weighted by Crippen LogP contribution is -2.49. The standard InChI is InChI=1S/C22H25N5O2S/c1-4-29-19-13-15(2)24-22(25-19)27-11-9-26(10-12-27)21(28)18-7-5-17(6-8-18)20-23-16(3)14-30-20/h5-8,13-14H,4,9-12H2,1-3H3. The summed E-state index contributed by atoms with van der Waals surface area (Å²) in [5.74, 6) is 1.30. The molecule has 1 saturated heterocycles. The second-order valence-corrected chi connectivity index (χ2v) is 8.09. The van der Waals surface area contributed by atoms with Crippen LogP contribution in [0.3, 0.4) is 0 Å². The van der Waals surface area contributed by atoms with E-state index in [2.05, 4.69) is 19.9 Å². The molecule has 1 aromatic carbocycles. The highest BCUT2D eigenvalue weighted by molar-refractivity contribution is 7.13. The van der Waals surface area contributed by atoms with Crippen molar-refractivity contribution in [1.29, 1.82) is 0 Å². The van der Waals surface area contributed by atoms with E-state index < -0.39 is 0 Å². The van der Waals surface area contributed by atoms with Gasteiger partial charge in [-0.05, 0) is 32.9 Å². The van der Waals surface area contributed by atoms with Crippen molar-refractivity contribution < 1.29 is 9.53 Å². The molecule has 1 fully saturated rings. The molecule has 1 amide bonds. The minimum atomic E-state index is 0.0525. The number of thiazole rings is 1. The highest BCUT2D eigenvalue weighted by Crippen LogP contribution is 2.24. The fraction of sp³-hybridized carbons (Fsp3) is 0.364. The zero-order chi connectivity index (χ0) is 21.1. The predicted octanol–water partition coefficient (Wildman–Crippen LogP) is 3.58. The number of hydrogen-bond donors (Lipinski definition) is 0. The molecule has 0 N–H and O–H groups in total. The summed E-state index contributed by atoms with van der Waals surface area (Å²) in [6.45, 7) is 9.07. The fourth-order valence-electron chi connectivity index (χ4n) is 3.42. The summed E-state index contributed by atoms with van der Waals surface area (Å²) in [6.07, 6.45) is 0. The van der Waals surface area contributed by atoms with Gasteiger partial charge in [-0.1, -0.05) is 12.1 Å². The van der Waals surface area contributed by atoms with E-state index in [1.54, 1.807) is 11.3 Å². The molecule has 0 unspecified atom stereocenters. The lowest BCUT2D eigenvalue weighted by Gasteiger charge is -2.35. The summed E-state index contributed by atoms with van der Waals surface area (Å²) < 4.78 is 5.53. The predicted molar refractivity (Wildman–Crippen MR) is 118 cm³/mol. The van der Waals surface area contributed by atoms with Crippen LogP contribution in [0.25, 0.3) is 10.6 Å². The van der Waals surface area contributed by atoms with E-state index in [0.29, 0.717) is 50.2 Å². The van der Waals surface area contributed by atoms with Gasteiger partial charge < -0.3 is 14.5 Å². The van der Waals surface area contributed by atoms with Crippen LogP contribution in [-0.4, -0.2) is 58.5 Å². The van der Waals surface area contributed by atoms with Crippen LogP contribution in [0.4, 0.5) is 5.95 Å². The Labute approximate surface area is 180 Å². The number of benzene rings is 1. The number of hydrogen-bond acceptors (Lipinski definition) is 7. The molecule has 0 bridgehead atoms. The first-order chi connectivity index (χ1) is 14.5. The van der Waals surface area contributed by atoms with E-state index in [4.69, 9.17) is 4.74 Å². The number of aryl methyl sites for hydroxylation is 2. The Kier molecular flexibility index (Phi) is 5.94. The highest BCUT2D eigenvalue weighted by Gasteiger charge is 2.24. The average molecular weight is 424 g/mol. The van der Waals surface area contributed by atoms with Gasteiger partial charge in [0.1, 0.15) is 5.01 Å². The van der Waals surface area contributed by atoms with Crippen LogP contribution in [0.15, 0.2) is 35.7 Å². The van der Waals surface area contributed by atoms with Gasteiger partial charge in [-0.3, -0.25) is 4.79 Å². The summed E-state index contributed by atoms with van der Waals surface area (Å²) in [4.78, 5) is 30.5. The summed E-state index contributed by atoms with van der Waals surface area (Å²) >= 11 is 1.62. The van der Waals surface area contributed by atoms with Crippen molar-refractivity contribution in [2.45, 2.75) is 20.8 Å². The van der Waals surface area contributed by atoms with Gasteiger partial charge >= 0.3 is 0 Å². The van der Waals surface area contributed by atoms with Crippen molar-refractivity contribution >= 4 is 23.2 Å². The number of ether oxygens (including phenoxy) is 1. The monoisotopic (exact) mass is 423 g/mol. The molecule has 3 aromatic rings. The molecule has 30 heavy (non-hydrogen) atoms. The van der Waals surface area contributed by atoms with Crippen LogP contribution in [-0.2, 0) is 0 Å². The Morgan fingerprint density at radius 2 is 1.77 bits per heavy atom. The average Bonchev–Trinajstić information content (AvgIpc) is 3.20. The number of carbonyl (C=O) groups excluding carboxylic acids is 1. The van der Waals surface area contributed by atoms with Gasteiger partial charge in [0, 0.05) is 60.1 Å². The van der Waals surface area contributed by atoms with Gasteiger partial charge in [-0.2, -0.15) is 4.98 Å². The summed E-state index contributed by atoms with van der Waals surface area (Å²) in [6, 6.07) is 9.55. The van der Waals surface area contributed by atoms with Gasteiger partial charge in [0.15, 0.2) is 0 Å². The molecule has 156 valence electrons. The third-order valence-corrected chi connectivity index (χ3v) is 5.97. The van der Waals surface area contributed by atoms with Crippen molar-refractivity contribution in [3.8, 4) is 16.5 Å². The van der Waals surface area contributed by atoms with Crippen molar-refractivity contribution in [3.63, 3.8) is 0 Å². The first-order valence-corrected chi connectivity index (χ1v) is 11.0. The third kappa shape index (κ3) is 4.43. The molecule has 0 radical (unpaired) electrons. The summed E-state index contributed by atoms with van der Waals surface area (Å²) in [5.41, 5.74) is 3.62. The van der Waals surface area contributed by atoms with Gasteiger partial charge in [-0.15, -0.1) is 11.3 Å². The molecule has 7 nitrogen and oxygen atoms in total. The van der Waals surface area contributed by atoms with E-state index in [9.17, 15) is 4.79 Å². The van der Waals surface area contributed by atoms with E-state index >= 15 is 0 Å². The van der Waals surface area contributed by atoms with Crippen LogP contribution in [0.5, 0.6) is 5.88 Å². The van der Waals surface area contributed by atoms with Crippen LogP contribution < -0.4 is 9.64 Å². The molecular formula is C22H25N5O2S. The summed E-state index contributed by atoms with van der Waals surface area (Å²) in [7, 11) is 0. The number of carbonyl (C=O) groups is 1. The maximum atomic E-state index is 12.9. The number of aromatic nitrogens is 3. The second-order valence-electron chi connectivity index (χ2n) is 7.23. The molecular weight excluding hydrogens is 398 g/mol. The molecule has 3 heterocycles. The Morgan fingerprint density at radius 3 is 2.40 bits per heavy atom. The number of piperazine rings is 1. The topological polar surface area (TPSA) is 71.5 Å². The smallest absolute Gasteiger partial charge is 0.253 e. The van der Waals surface area contributed by atoms with Crippen molar-refractivity contribution in [3.05, 3.63) is 52.7 Å². The van der Waals surface area contributed by atoms with E-state index in [1.807, 2.05) is 61.4 Å². The lowest BCUT2D eigenvalue weighted by molar-refractivity contribution is 0.0746. The van der Waals surface area contributed by atoms with Crippen molar-refractivity contribution in [2.75, 3.05) is 37.7 Å². The Balaban J connectivity index is 1.40. The van der Waals surface area contributed by atoms with Crippen LogP contribution in [0, 0.1) is 13.8 Å². The molecule has 2 aromatic heterocycles. The van der Waals surface area contributed by atoms with Crippen molar-refractivity contribution in [1.82, 2.24) is 19.9 Å². The molecule has 0 saturated carbocycles. The first kappa shape index (κ1) is 20.3. The maximum absolute atomic E-state index is 12.9. The molecule has 0 atom stereocenters. The van der Waals surface area contributed by atoms with E-state index in [0.717, 1.165) is 22.0 Å². The molecule has 0 aliphatic carbocycles. The Hall–Kier alpha value is -3.00. The number of rotatable bonds is 5.